The van der Waals surface area contributed by atoms with E-state index in [0.29, 0.717) is 16.7 Å². The van der Waals surface area contributed by atoms with E-state index in [1.165, 1.54) is 0 Å². The average molecular weight is 261 g/mol. The van der Waals surface area contributed by atoms with Crippen molar-refractivity contribution in [2.75, 3.05) is 0 Å². The molecule has 3 nitrogen and oxygen atoms in total. The van der Waals surface area contributed by atoms with Gasteiger partial charge in [-0.15, -0.1) is 0 Å². The summed E-state index contributed by atoms with van der Waals surface area (Å²) in [6.07, 6.45) is 0. The smallest absolute Gasteiger partial charge is 0.344 e. The largest absolute Gasteiger partial charge is 0.422 e. The second kappa shape index (κ2) is 4.67. The quantitative estimate of drug-likeness (QED) is 0.672. The lowest BCUT2D eigenvalue weighted by molar-refractivity contribution is 0.534. The van der Waals surface area contributed by atoms with E-state index in [4.69, 9.17) is 9.68 Å². The Bertz CT molecular complexity index is 901. The molecule has 0 radical (unpaired) electrons. The SMILES string of the molecule is Cc1ccccc1-c1cc2ccc(C#N)cc2c(=O)o1. The van der Waals surface area contributed by atoms with Gasteiger partial charge in [-0.2, -0.15) is 5.26 Å². The van der Waals surface area contributed by atoms with Crippen LogP contribution in [0.15, 0.2) is 57.7 Å². The predicted molar refractivity (Wildman–Crippen MR) is 77.4 cm³/mol. The van der Waals surface area contributed by atoms with Crippen LogP contribution in [0.5, 0.6) is 0 Å². The zero-order valence-electron chi connectivity index (χ0n) is 10.9. The Labute approximate surface area is 115 Å². The third-order valence-corrected chi connectivity index (χ3v) is 3.30. The summed E-state index contributed by atoms with van der Waals surface area (Å²) < 4.78 is 5.39. The molecule has 3 heteroatoms. The fraction of sp³-hybridized carbons (Fsp3) is 0.0588. The van der Waals surface area contributed by atoms with Gasteiger partial charge in [-0.1, -0.05) is 30.3 Å². The Morgan fingerprint density at radius 1 is 1.10 bits per heavy atom. The molecule has 0 unspecified atom stereocenters. The first-order valence-electron chi connectivity index (χ1n) is 6.23. The average Bonchev–Trinajstić information content (AvgIpc) is 2.47. The van der Waals surface area contributed by atoms with Crippen molar-refractivity contribution in [2.45, 2.75) is 6.92 Å². The van der Waals surface area contributed by atoms with Gasteiger partial charge in [0.2, 0.25) is 0 Å². The number of nitrogens with zero attached hydrogens (tertiary/aromatic N) is 1. The summed E-state index contributed by atoms with van der Waals surface area (Å²) in [6, 6.07) is 16.6. The first kappa shape index (κ1) is 12.2. The van der Waals surface area contributed by atoms with Crippen molar-refractivity contribution >= 4 is 10.8 Å². The summed E-state index contributed by atoms with van der Waals surface area (Å²) in [5.41, 5.74) is 1.98. The van der Waals surface area contributed by atoms with Gasteiger partial charge in [0.05, 0.1) is 17.0 Å². The van der Waals surface area contributed by atoms with Gasteiger partial charge in [0.1, 0.15) is 5.76 Å². The number of hydrogen-bond donors (Lipinski definition) is 0. The zero-order chi connectivity index (χ0) is 14.1. The number of rotatable bonds is 1. The molecule has 20 heavy (non-hydrogen) atoms. The van der Waals surface area contributed by atoms with Crippen LogP contribution in [-0.4, -0.2) is 0 Å². The first-order valence-corrected chi connectivity index (χ1v) is 6.23. The predicted octanol–water partition coefficient (Wildman–Crippen LogP) is 3.64. The molecular formula is C17H11NO2. The van der Waals surface area contributed by atoms with Crippen LogP contribution in [-0.2, 0) is 0 Å². The van der Waals surface area contributed by atoms with E-state index >= 15 is 0 Å². The minimum absolute atomic E-state index is 0.419. The van der Waals surface area contributed by atoms with Crippen molar-refractivity contribution in [1.82, 2.24) is 0 Å². The second-order valence-electron chi connectivity index (χ2n) is 4.63. The molecule has 3 rings (SSSR count). The van der Waals surface area contributed by atoms with Crippen molar-refractivity contribution < 1.29 is 4.42 Å². The molecular weight excluding hydrogens is 250 g/mol. The topological polar surface area (TPSA) is 54.0 Å². The van der Waals surface area contributed by atoms with Gasteiger partial charge in [-0.05, 0) is 36.1 Å². The minimum Gasteiger partial charge on any atom is -0.422 e. The monoisotopic (exact) mass is 261 g/mol. The minimum atomic E-state index is -0.419. The Balaban J connectivity index is 2.29. The van der Waals surface area contributed by atoms with Crippen molar-refractivity contribution in [3.05, 3.63) is 70.1 Å². The molecule has 1 aromatic heterocycles. The molecule has 0 atom stereocenters. The molecule has 3 aromatic rings. The molecule has 96 valence electrons. The molecule has 2 aromatic carbocycles. The number of aryl methyl sites for hydroxylation is 1. The van der Waals surface area contributed by atoms with Crippen molar-refractivity contribution in [2.24, 2.45) is 0 Å². The third-order valence-electron chi connectivity index (χ3n) is 3.30. The lowest BCUT2D eigenvalue weighted by atomic mass is 10.0. The van der Waals surface area contributed by atoms with Crippen LogP contribution in [0, 0.1) is 18.3 Å². The highest BCUT2D eigenvalue weighted by molar-refractivity contribution is 5.85. The molecule has 0 bridgehead atoms. The van der Waals surface area contributed by atoms with E-state index in [-0.39, 0.29) is 0 Å². The van der Waals surface area contributed by atoms with Crippen LogP contribution < -0.4 is 5.63 Å². The van der Waals surface area contributed by atoms with Crippen LogP contribution in [0.3, 0.4) is 0 Å². The fourth-order valence-corrected chi connectivity index (χ4v) is 2.24. The highest BCUT2D eigenvalue weighted by Gasteiger charge is 2.09. The van der Waals surface area contributed by atoms with Crippen LogP contribution in [0.1, 0.15) is 11.1 Å². The lowest BCUT2D eigenvalue weighted by Crippen LogP contribution is -2.01. The standard InChI is InChI=1S/C17H11NO2/c1-11-4-2-3-5-14(11)16-9-13-7-6-12(10-18)8-15(13)17(19)20-16/h2-9H,1H3. The number of nitriles is 1. The Hall–Kier alpha value is -2.86. The van der Waals surface area contributed by atoms with Gasteiger partial charge < -0.3 is 4.42 Å². The molecule has 0 spiro atoms. The van der Waals surface area contributed by atoms with E-state index in [9.17, 15) is 4.79 Å². The maximum absolute atomic E-state index is 12.1. The number of hydrogen-bond acceptors (Lipinski definition) is 3. The molecule has 0 saturated carbocycles. The van der Waals surface area contributed by atoms with Crippen LogP contribution in [0.25, 0.3) is 22.1 Å². The van der Waals surface area contributed by atoms with Crippen LogP contribution >= 0.6 is 0 Å². The summed E-state index contributed by atoms with van der Waals surface area (Å²) in [6.45, 7) is 1.97. The highest BCUT2D eigenvalue weighted by atomic mass is 16.4. The van der Waals surface area contributed by atoms with Gasteiger partial charge in [0.25, 0.3) is 0 Å². The Morgan fingerprint density at radius 3 is 2.65 bits per heavy atom. The zero-order valence-corrected chi connectivity index (χ0v) is 10.9. The summed E-state index contributed by atoms with van der Waals surface area (Å²) in [4.78, 5) is 12.1. The maximum atomic E-state index is 12.1. The second-order valence-corrected chi connectivity index (χ2v) is 4.63. The maximum Gasteiger partial charge on any atom is 0.344 e. The molecule has 0 aliphatic rings. The summed E-state index contributed by atoms with van der Waals surface area (Å²) >= 11 is 0. The molecule has 0 aliphatic heterocycles. The van der Waals surface area contributed by atoms with E-state index in [2.05, 4.69) is 0 Å². The summed E-state index contributed by atoms with van der Waals surface area (Å²) in [5.74, 6) is 0.547. The van der Waals surface area contributed by atoms with E-state index in [0.717, 1.165) is 16.5 Å². The molecule has 0 aliphatic carbocycles. The lowest BCUT2D eigenvalue weighted by Gasteiger charge is -2.05. The molecule has 0 saturated heterocycles. The van der Waals surface area contributed by atoms with Gasteiger partial charge in [-0.3, -0.25) is 0 Å². The third kappa shape index (κ3) is 1.98. The molecule has 1 heterocycles. The highest BCUT2D eigenvalue weighted by Crippen LogP contribution is 2.25. The van der Waals surface area contributed by atoms with E-state index < -0.39 is 5.63 Å². The fourth-order valence-electron chi connectivity index (χ4n) is 2.24. The van der Waals surface area contributed by atoms with Crippen LogP contribution in [0.2, 0.25) is 0 Å². The van der Waals surface area contributed by atoms with Gasteiger partial charge in [0, 0.05) is 5.56 Å². The van der Waals surface area contributed by atoms with Crippen molar-refractivity contribution in [3.63, 3.8) is 0 Å². The Morgan fingerprint density at radius 2 is 1.90 bits per heavy atom. The Kier molecular flexibility index (Phi) is 2.85. The van der Waals surface area contributed by atoms with Crippen molar-refractivity contribution in [3.8, 4) is 17.4 Å². The van der Waals surface area contributed by atoms with E-state index in [1.807, 2.05) is 43.3 Å². The summed E-state index contributed by atoms with van der Waals surface area (Å²) in [5, 5.41) is 10.1. The van der Waals surface area contributed by atoms with Crippen molar-refractivity contribution in [1.29, 1.82) is 5.26 Å². The van der Waals surface area contributed by atoms with E-state index in [1.54, 1.807) is 18.2 Å². The van der Waals surface area contributed by atoms with Gasteiger partial charge in [-0.25, -0.2) is 4.79 Å². The van der Waals surface area contributed by atoms with Gasteiger partial charge >= 0.3 is 5.63 Å². The molecule has 0 amide bonds. The van der Waals surface area contributed by atoms with Gasteiger partial charge in [0.15, 0.2) is 0 Å². The molecule has 0 N–H and O–H groups in total. The summed E-state index contributed by atoms with van der Waals surface area (Å²) in [7, 11) is 0. The van der Waals surface area contributed by atoms with Crippen LogP contribution in [0.4, 0.5) is 0 Å². The number of benzene rings is 2. The number of fused-ring (bicyclic) bond motifs is 1. The normalized spacial score (nSPS) is 10.4. The first-order chi connectivity index (χ1) is 9.69. The molecule has 0 fully saturated rings.